The van der Waals surface area contributed by atoms with Crippen LogP contribution in [-0.2, 0) is 0 Å². The lowest BCUT2D eigenvalue weighted by molar-refractivity contribution is 0.282. The van der Waals surface area contributed by atoms with Gasteiger partial charge in [0.2, 0.25) is 0 Å². The summed E-state index contributed by atoms with van der Waals surface area (Å²) in [4.78, 5) is 6.05. The van der Waals surface area contributed by atoms with Crippen molar-refractivity contribution < 1.29 is 8.78 Å². The molecule has 2 rings (SSSR count). The third-order valence-electron chi connectivity index (χ3n) is 4.59. The minimum atomic E-state index is -0.522. The number of rotatable bonds is 5. The lowest BCUT2D eigenvalue weighted by atomic mass is 9.96. The normalized spacial score (nSPS) is 17.1. The molecule has 0 spiro atoms. The van der Waals surface area contributed by atoms with Gasteiger partial charge in [0.05, 0.1) is 6.04 Å². The molecular weight excluding hydrogens is 437 g/mol. The second-order valence-electron chi connectivity index (χ2n) is 6.55. The molecule has 1 aromatic rings. The number of benzene rings is 1. The van der Waals surface area contributed by atoms with Crippen LogP contribution in [0.4, 0.5) is 8.78 Å². The fourth-order valence-electron chi connectivity index (χ4n) is 3.20. The van der Waals surface area contributed by atoms with E-state index in [1.807, 2.05) is 19.0 Å². The van der Waals surface area contributed by atoms with E-state index < -0.39 is 17.7 Å². The molecule has 0 saturated heterocycles. The molecule has 1 aliphatic carbocycles. The van der Waals surface area contributed by atoms with Crippen LogP contribution in [0.1, 0.15) is 43.7 Å². The highest BCUT2D eigenvalue weighted by Crippen LogP contribution is 2.24. The molecule has 1 fully saturated rings. The van der Waals surface area contributed by atoms with Crippen molar-refractivity contribution >= 4 is 29.9 Å². The molecule has 25 heavy (non-hydrogen) atoms. The summed E-state index contributed by atoms with van der Waals surface area (Å²) in [7, 11) is 5.34. The van der Waals surface area contributed by atoms with Gasteiger partial charge >= 0.3 is 0 Å². The summed E-state index contributed by atoms with van der Waals surface area (Å²) in [6.45, 7) is 0.372. The fourth-order valence-corrected chi connectivity index (χ4v) is 3.20. The topological polar surface area (TPSA) is 39.7 Å². The number of likely N-dealkylation sites (N-methyl/N-ethyl adjacent to an activating group) is 1. The van der Waals surface area contributed by atoms with Crippen molar-refractivity contribution in [2.75, 3.05) is 27.7 Å². The van der Waals surface area contributed by atoms with Gasteiger partial charge in [-0.1, -0.05) is 25.3 Å². The Balaban J connectivity index is 0.00000312. The minimum absolute atomic E-state index is 0. The zero-order valence-corrected chi connectivity index (χ0v) is 17.5. The van der Waals surface area contributed by atoms with Crippen molar-refractivity contribution in [3.63, 3.8) is 0 Å². The SMILES string of the molecule is CN=C(NCC(c1c(F)cccc1F)N(C)C)NC1CCCCC1.I. The van der Waals surface area contributed by atoms with Gasteiger partial charge in [-0.15, -0.1) is 24.0 Å². The third-order valence-corrected chi connectivity index (χ3v) is 4.59. The molecule has 2 N–H and O–H groups in total. The lowest BCUT2D eigenvalue weighted by Gasteiger charge is -2.28. The first-order valence-electron chi connectivity index (χ1n) is 8.60. The van der Waals surface area contributed by atoms with Gasteiger partial charge in [0.15, 0.2) is 5.96 Å². The molecule has 7 heteroatoms. The summed E-state index contributed by atoms with van der Waals surface area (Å²) in [6, 6.07) is 3.98. The molecular formula is C18H29F2IN4. The van der Waals surface area contributed by atoms with Crippen molar-refractivity contribution in [1.82, 2.24) is 15.5 Å². The average Bonchev–Trinajstić information content (AvgIpc) is 2.56. The molecule has 0 radical (unpaired) electrons. The number of hydrogen-bond donors (Lipinski definition) is 2. The molecule has 142 valence electrons. The van der Waals surface area contributed by atoms with Crippen LogP contribution in [0.25, 0.3) is 0 Å². The third kappa shape index (κ3) is 6.36. The summed E-state index contributed by atoms with van der Waals surface area (Å²) >= 11 is 0. The summed E-state index contributed by atoms with van der Waals surface area (Å²) < 4.78 is 28.2. The summed E-state index contributed by atoms with van der Waals surface area (Å²) in [6.07, 6.45) is 6.03. The number of halogens is 3. The van der Waals surface area contributed by atoms with Crippen molar-refractivity contribution in [2.24, 2.45) is 4.99 Å². The van der Waals surface area contributed by atoms with Crippen LogP contribution in [-0.4, -0.2) is 44.6 Å². The Bertz CT molecular complexity index is 540. The molecule has 0 heterocycles. The molecule has 1 unspecified atom stereocenters. The van der Waals surface area contributed by atoms with Gasteiger partial charge in [-0.2, -0.15) is 0 Å². The zero-order valence-electron chi connectivity index (χ0n) is 15.2. The smallest absolute Gasteiger partial charge is 0.191 e. The van der Waals surface area contributed by atoms with Crippen LogP contribution in [0, 0.1) is 11.6 Å². The fraction of sp³-hybridized carbons (Fsp3) is 0.611. The molecule has 1 aromatic carbocycles. The highest BCUT2D eigenvalue weighted by molar-refractivity contribution is 14.0. The largest absolute Gasteiger partial charge is 0.354 e. The Labute approximate surface area is 166 Å². The van der Waals surface area contributed by atoms with Gasteiger partial charge < -0.3 is 15.5 Å². The van der Waals surface area contributed by atoms with E-state index in [4.69, 9.17) is 0 Å². The van der Waals surface area contributed by atoms with Crippen molar-refractivity contribution in [3.05, 3.63) is 35.4 Å². The number of guanidine groups is 1. The van der Waals surface area contributed by atoms with Gasteiger partial charge in [-0.3, -0.25) is 4.99 Å². The summed E-state index contributed by atoms with van der Waals surface area (Å²) in [5, 5.41) is 6.63. The summed E-state index contributed by atoms with van der Waals surface area (Å²) in [5.41, 5.74) is 0.0862. The van der Waals surface area contributed by atoms with Crippen molar-refractivity contribution in [1.29, 1.82) is 0 Å². The second-order valence-corrected chi connectivity index (χ2v) is 6.55. The van der Waals surface area contributed by atoms with E-state index in [2.05, 4.69) is 15.6 Å². The first-order valence-corrected chi connectivity index (χ1v) is 8.60. The molecule has 1 atom stereocenters. The molecule has 0 bridgehead atoms. The number of nitrogens with one attached hydrogen (secondary N) is 2. The lowest BCUT2D eigenvalue weighted by Crippen LogP contribution is -2.46. The van der Waals surface area contributed by atoms with E-state index in [1.54, 1.807) is 7.05 Å². The predicted octanol–water partition coefficient (Wildman–Crippen LogP) is 3.68. The van der Waals surface area contributed by atoms with E-state index >= 15 is 0 Å². The second kappa shape index (κ2) is 10.9. The maximum atomic E-state index is 14.1. The van der Waals surface area contributed by atoms with Crippen LogP contribution in [0.3, 0.4) is 0 Å². The Morgan fingerprint density at radius 2 is 1.80 bits per heavy atom. The maximum Gasteiger partial charge on any atom is 0.191 e. The first-order chi connectivity index (χ1) is 11.5. The van der Waals surface area contributed by atoms with Gasteiger partial charge in [-0.05, 0) is 39.1 Å². The van der Waals surface area contributed by atoms with E-state index in [1.165, 1.54) is 37.5 Å². The first kappa shape index (κ1) is 22.1. The Morgan fingerprint density at radius 3 is 2.32 bits per heavy atom. The Hall–Kier alpha value is -0.960. The molecule has 0 aliphatic heterocycles. The molecule has 4 nitrogen and oxygen atoms in total. The minimum Gasteiger partial charge on any atom is -0.354 e. The monoisotopic (exact) mass is 466 g/mol. The van der Waals surface area contributed by atoms with Crippen LogP contribution in [0.15, 0.2) is 23.2 Å². The standard InChI is InChI=1S/C18H28F2N4.HI/c1-21-18(23-13-8-5-4-6-9-13)22-12-16(24(2)3)17-14(19)10-7-11-15(17)20;/h7,10-11,13,16H,4-6,8-9,12H2,1-3H3,(H2,21,22,23);1H. The van der Waals surface area contributed by atoms with Crippen LogP contribution in [0.5, 0.6) is 0 Å². The average molecular weight is 466 g/mol. The molecule has 0 amide bonds. The Morgan fingerprint density at radius 1 is 1.20 bits per heavy atom. The van der Waals surface area contributed by atoms with Crippen molar-refractivity contribution in [2.45, 2.75) is 44.2 Å². The predicted molar refractivity (Wildman–Crippen MR) is 110 cm³/mol. The highest BCUT2D eigenvalue weighted by atomic mass is 127. The van der Waals surface area contributed by atoms with E-state index in [9.17, 15) is 8.78 Å². The zero-order chi connectivity index (χ0) is 17.5. The highest BCUT2D eigenvalue weighted by Gasteiger charge is 2.23. The van der Waals surface area contributed by atoms with E-state index in [0.29, 0.717) is 18.5 Å². The molecule has 0 aromatic heterocycles. The molecule has 1 saturated carbocycles. The van der Waals surface area contributed by atoms with Crippen LogP contribution >= 0.6 is 24.0 Å². The number of aliphatic imine (C=N–C) groups is 1. The maximum absolute atomic E-state index is 14.1. The Kier molecular flexibility index (Phi) is 9.63. The number of nitrogens with zero attached hydrogens (tertiary/aromatic N) is 2. The van der Waals surface area contributed by atoms with Gasteiger partial charge in [-0.25, -0.2) is 8.78 Å². The van der Waals surface area contributed by atoms with Gasteiger partial charge in [0.1, 0.15) is 11.6 Å². The van der Waals surface area contributed by atoms with Gasteiger partial charge in [0.25, 0.3) is 0 Å². The summed E-state index contributed by atoms with van der Waals surface area (Å²) in [5.74, 6) is -0.359. The quantitative estimate of drug-likeness (QED) is 0.395. The van der Waals surface area contributed by atoms with E-state index in [0.717, 1.165) is 12.8 Å². The van der Waals surface area contributed by atoms with Crippen LogP contribution < -0.4 is 10.6 Å². The van der Waals surface area contributed by atoms with Crippen molar-refractivity contribution in [3.8, 4) is 0 Å². The molecule has 1 aliphatic rings. The van der Waals surface area contributed by atoms with Gasteiger partial charge in [0, 0.05) is 25.2 Å². The number of hydrogen-bond acceptors (Lipinski definition) is 2. The van der Waals surface area contributed by atoms with E-state index in [-0.39, 0.29) is 29.5 Å². The van der Waals surface area contributed by atoms with Crippen LogP contribution in [0.2, 0.25) is 0 Å².